The number of likely N-dealkylation sites (N-methyl/N-ethyl adjacent to an activating group) is 1. The normalized spacial score (nSPS) is 13.9. The van der Waals surface area contributed by atoms with Crippen molar-refractivity contribution in [3.63, 3.8) is 0 Å². The first kappa shape index (κ1) is 40.8. The zero-order valence-corrected chi connectivity index (χ0v) is 29.6. The van der Waals surface area contributed by atoms with E-state index in [1.54, 1.807) is 24.3 Å². The number of phosphoric ester groups is 1. The molecule has 44 heavy (non-hydrogen) atoms. The number of nitrogens with zero attached hydrogens (tertiary/aromatic N) is 1. The average Bonchev–Trinajstić information content (AvgIpc) is 2.95. The van der Waals surface area contributed by atoms with Crippen LogP contribution in [0.1, 0.15) is 110 Å². The average molecular weight is 662 g/mol. The van der Waals surface area contributed by atoms with Crippen molar-refractivity contribution in [1.29, 1.82) is 0 Å². The summed E-state index contributed by atoms with van der Waals surface area (Å²) < 4.78 is 29.1. The van der Waals surface area contributed by atoms with Crippen LogP contribution in [0.5, 0.6) is 0 Å². The summed E-state index contributed by atoms with van der Waals surface area (Å²) in [6, 6.07) is 6.17. The van der Waals surface area contributed by atoms with Gasteiger partial charge in [0.05, 0.1) is 27.7 Å². The van der Waals surface area contributed by atoms with Crippen molar-refractivity contribution in [3.05, 3.63) is 29.3 Å². The molecule has 2 atom stereocenters. The van der Waals surface area contributed by atoms with Gasteiger partial charge in [0.1, 0.15) is 19.3 Å². The Hall–Kier alpha value is -1.19. The molecule has 0 saturated carbocycles. The molecular formula is C33H61ClN3O6P. The Morgan fingerprint density at radius 2 is 1.34 bits per heavy atom. The lowest BCUT2D eigenvalue weighted by molar-refractivity contribution is -0.870. The van der Waals surface area contributed by atoms with Gasteiger partial charge in [0.15, 0.2) is 0 Å². The second-order valence-corrected chi connectivity index (χ2v) is 14.5. The van der Waals surface area contributed by atoms with E-state index in [2.05, 4.69) is 17.6 Å². The van der Waals surface area contributed by atoms with E-state index in [-0.39, 0.29) is 19.8 Å². The number of hydrogen-bond donors (Lipinski definition) is 2. The van der Waals surface area contributed by atoms with Crippen molar-refractivity contribution < 1.29 is 32.5 Å². The first-order chi connectivity index (χ1) is 21.0. The Morgan fingerprint density at radius 1 is 0.841 bits per heavy atom. The standard InChI is InChI=1S/C33H61ClN3O6P/c1-5-6-7-8-9-10-11-12-13-14-15-16-17-18-19-20-26-41-29-32(43-44(39,40)42-27-25-37(2,3)4)28-35-33(38)36-31-23-21-30(34)22-24-31/h21-24,32H,5-20,25-29H2,1-4H3,(H2-,35,36,38,39,40). The second kappa shape index (κ2) is 25.0. The fraction of sp³-hybridized carbons (Fsp3) is 0.788. The van der Waals surface area contributed by atoms with Gasteiger partial charge >= 0.3 is 6.03 Å². The number of ether oxygens (including phenoxy) is 1. The lowest BCUT2D eigenvalue weighted by Gasteiger charge is -2.30. The Bertz CT molecular complexity index is 901. The molecule has 0 aliphatic rings. The molecule has 9 nitrogen and oxygen atoms in total. The van der Waals surface area contributed by atoms with Crippen LogP contribution in [0.25, 0.3) is 0 Å². The number of carbonyl (C=O) groups is 1. The van der Waals surface area contributed by atoms with Crippen LogP contribution in [-0.2, 0) is 18.3 Å². The molecule has 2 unspecified atom stereocenters. The van der Waals surface area contributed by atoms with Crippen molar-refractivity contribution in [1.82, 2.24) is 5.32 Å². The molecule has 1 rings (SSSR count). The van der Waals surface area contributed by atoms with E-state index in [4.69, 9.17) is 25.4 Å². The molecule has 0 aliphatic heterocycles. The van der Waals surface area contributed by atoms with Crippen molar-refractivity contribution in [2.24, 2.45) is 0 Å². The molecule has 0 radical (unpaired) electrons. The Labute approximate surface area is 273 Å². The van der Waals surface area contributed by atoms with Gasteiger partial charge in [-0.05, 0) is 30.7 Å². The van der Waals surface area contributed by atoms with Gasteiger partial charge in [-0.1, -0.05) is 115 Å². The van der Waals surface area contributed by atoms with Crippen molar-refractivity contribution in [2.45, 2.75) is 116 Å². The van der Waals surface area contributed by atoms with Gasteiger partial charge < -0.3 is 33.8 Å². The molecule has 0 spiro atoms. The van der Waals surface area contributed by atoms with E-state index in [1.165, 1.54) is 89.9 Å². The van der Waals surface area contributed by atoms with Crippen molar-refractivity contribution in [2.75, 3.05) is 59.4 Å². The molecule has 0 aliphatic carbocycles. The number of halogens is 1. The number of amides is 2. The Morgan fingerprint density at radius 3 is 1.84 bits per heavy atom. The SMILES string of the molecule is CCCCCCCCCCCCCCCCCCOCC(CNC(=O)Nc1ccc(Cl)cc1)OP(=O)([O-])OCC[N+](C)(C)C. The topological polar surface area (TPSA) is 109 Å². The minimum Gasteiger partial charge on any atom is -0.756 e. The maximum atomic E-state index is 12.5. The number of nitrogens with one attached hydrogen (secondary N) is 2. The maximum Gasteiger partial charge on any atom is 0.319 e. The van der Waals surface area contributed by atoms with Crippen molar-refractivity contribution >= 4 is 31.1 Å². The summed E-state index contributed by atoms with van der Waals surface area (Å²) in [5, 5.41) is 5.89. The minimum absolute atomic E-state index is 0.00152. The van der Waals surface area contributed by atoms with Gasteiger partial charge in [-0.3, -0.25) is 4.57 Å². The summed E-state index contributed by atoms with van der Waals surface area (Å²) in [7, 11) is 1.24. The van der Waals surface area contributed by atoms with Gasteiger partial charge in [-0.15, -0.1) is 0 Å². The first-order valence-corrected chi connectivity index (χ1v) is 18.7. The molecule has 0 aromatic heterocycles. The molecule has 1 aromatic carbocycles. The number of phosphoric acid groups is 1. The zero-order chi connectivity index (χ0) is 32.5. The van der Waals surface area contributed by atoms with Crippen LogP contribution in [0.3, 0.4) is 0 Å². The number of urea groups is 1. The van der Waals surface area contributed by atoms with Crippen LogP contribution in [-0.4, -0.2) is 70.7 Å². The van der Waals surface area contributed by atoms with Gasteiger partial charge in [0, 0.05) is 23.9 Å². The van der Waals surface area contributed by atoms with E-state index < -0.39 is 20.0 Å². The van der Waals surface area contributed by atoms with E-state index >= 15 is 0 Å². The highest BCUT2D eigenvalue weighted by atomic mass is 35.5. The van der Waals surface area contributed by atoms with Crippen LogP contribution in [0.2, 0.25) is 5.02 Å². The summed E-state index contributed by atoms with van der Waals surface area (Å²) >= 11 is 5.89. The number of hydrogen-bond acceptors (Lipinski definition) is 6. The quantitative estimate of drug-likeness (QED) is 0.0531. The third-order valence-corrected chi connectivity index (χ3v) is 8.64. The fourth-order valence-corrected chi connectivity index (χ4v) is 5.64. The smallest absolute Gasteiger partial charge is 0.319 e. The maximum absolute atomic E-state index is 12.5. The molecule has 0 fully saturated rings. The third-order valence-electron chi connectivity index (χ3n) is 7.33. The molecule has 2 N–H and O–H groups in total. The lowest BCUT2D eigenvalue weighted by atomic mass is 10.0. The Kier molecular flexibility index (Phi) is 23.2. The third kappa shape index (κ3) is 25.1. The summed E-state index contributed by atoms with van der Waals surface area (Å²) in [5.41, 5.74) is 0.558. The largest absolute Gasteiger partial charge is 0.756 e. The molecule has 0 heterocycles. The highest BCUT2D eigenvalue weighted by molar-refractivity contribution is 7.45. The van der Waals surface area contributed by atoms with Gasteiger partial charge in [0.2, 0.25) is 0 Å². The lowest BCUT2D eigenvalue weighted by Crippen LogP contribution is -2.40. The number of quaternary nitrogens is 1. The highest BCUT2D eigenvalue weighted by Crippen LogP contribution is 2.39. The first-order valence-electron chi connectivity index (χ1n) is 16.8. The summed E-state index contributed by atoms with van der Waals surface area (Å²) in [5.74, 6) is 0. The molecule has 2 amide bonds. The Balaban J connectivity index is 2.25. The number of rotatable bonds is 28. The highest BCUT2D eigenvalue weighted by Gasteiger charge is 2.21. The fourth-order valence-electron chi connectivity index (χ4n) is 4.65. The van der Waals surface area contributed by atoms with Crippen LogP contribution < -0.4 is 15.5 Å². The number of unbranched alkanes of at least 4 members (excludes halogenated alkanes) is 15. The summed E-state index contributed by atoms with van der Waals surface area (Å²) in [4.78, 5) is 24.8. The van der Waals surface area contributed by atoms with E-state index in [1.807, 2.05) is 21.1 Å². The van der Waals surface area contributed by atoms with E-state index in [0.717, 1.165) is 12.8 Å². The van der Waals surface area contributed by atoms with Gasteiger partial charge in [-0.2, -0.15) is 0 Å². The number of carbonyl (C=O) groups excluding carboxylic acids is 1. The van der Waals surface area contributed by atoms with Crippen LogP contribution >= 0.6 is 19.4 Å². The molecule has 0 bridgehead atoms. The molecule has 11 heteroatoms. The molecule has 1 aromatic rings. The van der Waals surface area contributed by atoms with Crippen molar-refractivity contribution in [3.8, 4) is 0 Å². The van der Waals surface area contributed by atoms with Crippen LogP contribution in [0, 0.1) is 0 Å². The van der Waals surface area contributed by atoms with Gasteiger partial charge in [-0.25, -0.2) is 4.79 Å². The monoisotopic (exact) mass is 661 g/mol. The van der Waals surface area contributed by atoms with Crippen LogP contribution in [0.4, 0.5) is 10.5 Å². The molecular weight excluding hydrogens is 601 g/mol. The van der Waals surface area contributed by atoms with E-state index in [9.17, 15) is 14.3 Å². The summed E-state index contributed by atoms with van der Waals surface area (Å²) in [6.07, 6.45) is 19.8. The number of benzene rings is 1. The molecule has 0 saturated heterocycles. The minimum atomic E-state index is -4.59. The van der Waals surface area contributed by atoms with E-state index in [0.29, 0.717) is 28.3 Å². The zero-order valence-electron chi connectivity index (χ0n) is 28.0. The predicted octanol–water partition coefficient (Wildman–Crippen LogP) is 8.32. The number of anilines is 1. The van der Waals surface area contributed by atoms with Crippen LogP contribution in [0.15, 0.2) is 24.3 Å². The van der Waals surface area contributed by atoms with Gasteiger partial charge in [0.25, 0.3) is 7.82 Å². The predicted molar refractivity (Wildman–Crippen MR) is 180 cm³/mol. The summed E-state index contributed by atoms with van der Waals surface area (Å²) in [6.45, 7) is 3.22. The molecule has 256 valence electrons. The second-order valence-electron chi connectivity index (χ2n) is 12.7.